The van der Waals surface area contributed by atoms with Gasteiger partial charge in [-0.05, 0) is 12.1 Å². The van der Waals surface area contributed by atoms with E-state index >= 15 is 0 Å². The Bertz CT molecular complexity index is 529. The van der Waals surface area contributed by atoms with Crippen LogP contribution >= 0.6 is 0 Å². The Morgan fingerprint density at radius 1 is 1.41 bits per heavy atom. The number of hydrogen-bond acceptors (Lipinski definition) is 4. The summed E-state index contributed by atoms with van der Waals surface area (Å²) in [6.45, 7) is 0.878. The predicted octanol–water partition coefficient (Wildman–Crippen LogP) is 2.16. The minimum atomic E-state index is -1.09. The van der Waals surface area contributed by atoms with Crippen LogP contribution in [0.4, 0.5) is 0 Å². The number of methoxy groups -OCH3 is 1. The first-order valence-corrected chi connectivity index (χ1v) is 5.10. The van der Waals surface area contributed by atoms with Gasteiger partial charge in [-0.2, -0.15) is 0 Å². The second-order valence-electron chi connectivity index (χ2n) is 3.43. The second kappa shape index (κ2) is 4.88. The smallest absolute Gasteiger partial charge is 0.371 e. The van der Waals surface area contributed by atoms with Gasteiger partial charge in [-0.1, -0.05) is 6.07 Å². The van der Waals surface area contributed by atoms with Crippen LogP contribution in [0, 0.1) is 0 Å². The molecule has 2 rings (SSSR count). The van der Waals surface area contributed by atoms with Gasteiger partial charge in [0.1, 0.15) is 17.9 Å². The summed E-state index contributed by atoms with van der Waals surface area (Å²) in [7, 11) is 1.59. The molecule has 17 heavy (non-hydrogen) atoms. The Labute approximate surface area is 97.6 Å². The Morgan fingerprint density at radius 3 is 2.94 bits per heavy atom. The molecule has 0 bridgehead atoms. The van der Waals surface area contributed by atoms with Gasteiger partial charge in [0.2, 0.25) is 5.76 Å². The minimum Gasteiger partial charge on any atom is -0.490 e. The molecule has 1 aromatic heterocycles. The number of carbonyl (C=O) groups is 1. The number of ether oxygens (including phenoxy) is 2. The molecular formula is C12H12O5. The Morgan fingerprint density at radius 2 is 2.24 bits per heavy atom. The van der Waals surface area contributed by atoms with Crippen LogP contribution in [-0.2, 0) is 4.74 Å². The summed E-state index contributed by atoms with van der Waals surface area (Å²) in [5.74, 6) is -0.595. The lowest BCUT2D eigenvalue weighted by molar-refractivity contribution is 0.0665. The van der Waals surface area contributed by atoms with Crippen molar-refractivity contribution in [3.05, 3.63) is 30.0 Å². The van der Waals surface area contributed by atoms with E-state index < -0.39 is 5.97 Å². The zero-order chi connectivity index (χ0) is 12.3. The zero-order valence-corrected chi connectivity index (χ0v) is 9.30. The topological polar surface area (TPSA) is 68.9 Å². The quantitative estimate of drug-likeness (QED) is 0.805. The van der Waals surface area contributed by atoms with Crippen LogP contribution in [0.3, 0.4) is 0 Å². The van der Waals surface area contributed by atoms with Crippen molar-refractivity contribution in [3.8, 4) is 5.75 Å². The Kier molecular flexibility index (Phi) is 3.30. The molecule has 0 spiro atoms. The maximum atomic E-state index is 10.8. The first-order valence-electron chi connectivity index (χ1n) is 5.10. The molecule has 1 heterocycles. The number of furan rings is 1. The fourth-order valence-electron chi connectivity index (χ4n) is 1.50. The molecule has 90 valence electrons. The summed E-state index contributed by atoms with van der Waals surface area (Å²) in [6.07, 6.45) is 0. The van der Waals surface area contributed by atoms with E-state index in [1.54, 1.807) is 25.3 Å². The highest BCUT2D eigenvalue weighted by Crippen LogP contribution is 2.28. The normalized spacial score (nSPS) is 10.6. The monoisotopic (exact) mass is 236 g/mol. The molecule has 1 aromatic carbocycles. The maximum Gasteiger partial charge on any atom is 0.371 e. The molecule has 0 aliphatic rings. The molecule has 0 radical (unpaired) electrons. The first kappa shape index (κ1) is 11.5. The molecule has 0 atom stereocenters. The van der Waals surface area contributed by atoms with Crippen LogP contribution in [0.2, 0.25) is 0 Å². The third-order valence-electron chi connectivity index (χ3n) is 2.28. The molecule has 0 amide bonds. The number of benzene rings is 1. The van der Waals surface area contributed by atoms with Crippen molar-refractivity contribution in [1.29, 1.82) is 0 Å². The SMILES string of the molecule is COCCOc1cccc2oc(C(=O)O)cc12. The fourth-order valence-corrected chi connectivity index (χ4v) is 1.50. The summed E-state index contributed by atoms with van der Waals surface area (Å²) in [4.78, 5) is 10.8. The number of fused-ring (bicyclic) bond motifs is 1. The van der Waals surface area contributed by atoms with Crippen molar-refractivity contribution < 1.29 is 23.8 Å². The molecule has 5 heteroatoms. The molecule has 0 unspecified atom stereocenters. The van der Waals surface area contributed by atoms with Gasteiger partial charge in [-0.15, -0.1) is 0 Å². The second-order valence-corrected chi connectivity index (χ2v) is 3.43. The molecule has 0 aliphatic carbocycles. The first-order chi connectivity index (χ1) is 8.22. The van der Waals surface area contributed by atoms with Crippen molar-refractivity contribution >= 4 is 16.9 Å². The third-order valence-corrected chi connectivity index (χ3v) is 2.28. The highest BCUT2D eigenvalue weighted by Gasteiger charge is 2.13. The van der Waals surface area contributed by atoms with Gasteiger partial charge < -0.3 is 19.0 Å². The maximum absolute atomic E-state index is 10.8. The average Bonchev–Trinajstić information content (AvgIpc) is 2.74. The standard InChI is InChI=1S/C12H12O5/c1-15-5-6-16-9-3-2-4-10-8(9)7-11(17-10)12(13)14/h2-4,7H,5-6H2,1H3,(H,13,14). The molecule has 1 N–H and O–H groups in total. The summed E-state index contributed by atoms with van der Waals surface area (Å²) in [6, 6.07) is 6.67. The fraction of sp³-hybridized carbons (Fsp3) is 0.250. The van der Waals surface area contributed by atoms with Crippen LogP contribution in [-0.4, -0.2) is 31.4 Å². The number of carboxylic acids is 1. The van der Waals surface area contributed by atoms with Crippen molar-refractivity contribution in [2.45, 2.75) is 0 Å². The van der Waals surface area contributed by atoms with Gasteiger partial charge in [-0.25, -0.2) is 4.79 Å². The summed E-state index contributed by atoms with van der Waals surface area (Å²) in [5.41, 5.74) is 0.498. The molecule has 5 nitrogen and oxygen atoms in total. The van der Waals surface area contributed by atoms with E-state index in [1.165, 1.54) is 6.07 Å². The van der Waals surface area contributed by atoms with E-state index in [1.807, 2.05) is 0 Å². The lowest BCUT2D eigenvalue weighted by atomic mass is 10.2. The highest BCUT2D eigenvalue weighted by atomic mass is 16.5. The largest absolute Gasteiger partial charge is 0.490 e. The zero-order valence-electron chi connectivity index (χ0n) is 9.30. The Balaban J connectivity index is 2.32. The van der Waals surface area contributed by atoms with Crippen molar-refractivity contribution in [2.75, 3.05) is 20.3 Å². The Hall–Kier alpha value is -2.01. The van der Waals surface area contributed by atoms with Crippen molar-refractivity contribution in [2.24, 2.45) is 0 Å². The number of rotatable bonds is 5. The van der Waals surface area contributed by atoms with Crippen molar-refractivity contribution in [3.63, 3.8) is 0 Å². The van der Waals surface area contributed by atoms with E-state index in [9.17, 15) is 4.79 Å². The molecule has 2 aromatic rings. The number of aromatic carboxylic acids is 1. The molecule has 0 fully saturated rings. The van der Waals surface area contributed by atoms with E-state index in [0.717, 1.165) is 0 Å². The molecular weight excluding hydrogens is 224 g/mol. The van der Waals surface area contributed by atoms with Gasteiger partial charge in [0.05, 0.1) is 12.0 Å². The number of hydrogen-bond donors (Lipinski definition) is 1. The molecule has 0 aliphatic heterocycles. The van der Waals surface area contributed by atoms with E-state index in [0.29, 0.717) is 29.9 Å². The van der Waals surface area contributed by atoms with E-state index in [2.05, 4.69) is 0 Å². The van der Waals surface area contributed by atoms with Crippen LogP contribution in [0.1, 0.15) is 10.6 Å². The summed E-state index contributed by atoms with van der Waals surface area (Å²) < 4.78 is 15.5. The van der Waals surface area contributed by atoms with Gasteiger partial charge in [0.15, 0.2) is 0 Å². The van der Waals surface area contributed by atoms with Crippen LogP contribution in [0.25, 0.3) is 11.0 Å². The average molecular weight is 236 g/mol. The van der Waals surface area contributed by atoms with Gasteiger partial charge >= 0.3 is 5.97 Å². The lowest BCUT2D eigenvalue weighted by Crippen LogP contribution is -2.04. The third kappa shape index (κ3) is 2.39. The van der Waals surface area contributed by atoms with Crippen LogP contribution < -0.4 is 4.74 Å². The molecule has 0 saturated heterocycles. The van der Waals surface area contributed by atoms with E-state index in [-0.39, 0.29) is 5.76 Å². The van der Waals surface area contributed by atoms with Crippen molar-refractivity contribution in [1.82, 2.24) is 0 Å². The summed E-state index contributed by atoms with van der Waals surface area (Å²) in [5, 5.41) is 9.49. The lowest BCUT2D eigenvalue weighted by Gasteiger charge is -2.05. The van der Waals surface area contributed by atoms with Gasteiger partial charge in [-0.3, -0.25) is 0 Å². The highest BCUT2D eigenvalue weighted by molar-refractivity contribution is 5.93. The van der Waals surface area contributed by atoms with E-state index in [4.69, 9.17) is 19.0 Å². The van der Waals surface area contributed by atoms with Crippen LogP contribution in [0.5, 0.6) is 5.75 Å². The minimum absolute atomic E-state index is 0.0946. The van der Waals surface area contributed by atoms with Gasteiger partial charge in [0, 0.05) is 13.2 Å². The summed E-state index contributed by atoms with van der Waals surface area (Å²) >= 11 is 0. The number of carboxylic acid groups (broad SMARTS) is 1. The van der Waals surface area contributed by atoms with Crippen LogP contribution in [0.15, 0.2) is 28.7 Å². The predicted molar refractivity (Wildman–Crippen MR) is 60.5 cm³/mol. The van der Waals surface area contributed by atoms with Gasteiger partial charge in [0.25, 0.3) is 0 Å². The molecule has 0 saturated carbocycles.